The normalized spacial score (nSPS) is 11.2. The first kappa shape index (κ1) is 11.0. The van der Waals surface area contributed by atoms with E-state index in [4.69, 9.17) is 0 Å². The zero-order chi connectivity index (χ0) is 12.9. The molecule has 7 heteroatoms. The van der Waals surface area contributed by atoms with Crippen LogP contribution in [0.25, 0.3) is 21.8 Å². The maximum Gasteiger partial charge on any atom is 0.304 e. The summed E-state index contributed by atoms with van der Waals surface area (Å²) in [5, 5.41) is 28.8. The maximum atomic E-state index is 12.1. The molecule has 2 N–H and O–H groups in total. The third-order valence-corrected chi connectivity index (χ3v) is 3.31. The second-order valence-corrected chi connectivity index (χ2v) is 4.65. The van der Waals surface area contributed by atoms with Crippen molar-refractivity contribution >= 4 is 37.7 Å². The van der Waals surface area contributed by atoms with Crippen molar-refractivity contribution in [3.05, 3.63) is 44.3 Å². The minimum Gasteiger partial charge on any atom is -0.618 e. The van der Waals surface area contributed by atoms with E-state index in [0.29, 0.717) is 20.0 Å². The summed E-state index contributed by atoms with van der Waals surface area (Å²) in [6, 6.07) is 4.49. The van der Waals surface area contributed by atoms with E-state index >= 15 is 0 Å². The number of aromatic amines is 1. The zero-order valence-electron chi connectivity index (χ0n) is 8.85. The van der Waals surface area contributed by atoms with Crippen LogP contribution in [0.15, 0.2) is 33.7 Å². The Balaban J connectivity index is 2.61. The molecule has 0 fully saturated rings. The van der Waals surface area contributed by atoms with Gasteiger partial charge in [-0.2, -0.15) is 4.73 Å². The van der Waals surface area contributed by atoms with E-state index in [-0.39, 0.29) is 16.5 Å². The first-order chi connectivity index (χ1) is 8.58. The van der Waals surface area contributed by atoms with Crippen LogP contribution in [0, 0.1) is 5.21 Å². The first-order valence-electron chi connectivity index (χ1n) is 5.00. The average molecular weight is 308 g/mol. The van der Waals surface area contributed by atoms with Crippen LogP contribution in [-0.4, -0.2) is 15.3 Å². The molecule has 0 aliphatic rings. The Morgan fingerprint density at radius 1 is 1.33 bits per heavy atom. The molecule has 18 heavy (non-hydrogen) atoms. The second-order valence-electron chi connectivity index (χ2n) is 3.79. The topological polar surface area (TPSA) is 92.9 Å². The Bertz CT molecular complexity index is 844. The van der Waals surface area contributed by atoms with Gasteiger partial charge in [0.1, 0.15) is 0 Å². The average Bonchev–Trinajstić information content (AvgIpc) is 2.32. The summed E-state index contributed by atoms with van der Waals surface area (Å²) in [5.41, 5.74) is -0.0663. The van der Waals surface area contributed by atoms with Gasteiger partial charge in [-0.1, -0.05) is 0 Å². The molecule has 0 aliphatic heterocycles. The molecule has 0 unspecified atom stereocenters. The predicted octanol–water partition coefficient (Wildman–Crippen LogP) is 1.18. The molecule has 6 nitrogen and oxygen atoms in total. The van der Waals surface area contributed by atoms with Gasteiger partial charge in [0.05, 0.1) is 15.9 Å². The minimum absolute atomic E-state index is 0.0305. The van der Waals surface area contributed by atoms with Crippen LogP contribution in [0.4, 0.5) is 0 Å². The quantitative estimate of drug-likeness (QED) is 0.370. The number of nitrogens with zero attached hydrogens (tertiary/aromatic N) is 2. The second kappa shape index (κ2) is 3.67. The number of nitrogens with one attached hydrogen (secondary N) is 1. The van der Waals surface area contributed by atoms with Crippen molar-refractivity contribution in [2.45, 2.75) is 0 Å². The molecule has 1 aromatic carbocycles. The lowest BCUT2D eigenvalue weighted by molar-refractivity contribution is -0.548. The van der Waals surface area contributed by atoms with Gasteiger partial charge in [0.25, 0.3) is 5.52 Å². The van der Waals surface area contributed by atoms with Crippen molar-refractivity contribution < 1.29 is 9.84 Å². The Morgan fingerprint density at radius 3 is 2.89 bits per heavy atom. The summed E-state index contributed by atoms with van der Waals surface area (Å²) in [6.45, 7) is 0. The third-order valence-electron chi connectivity index (χ3n) is 2.69. The highest BCUT2D eigenvalue weighted by atomic mass is 79.9. The molecule has 3 aromatic rings. The number of benzene rings is 1. The van der Waals surface area contributed by atoms with Gasteiger partial charge in [-0.3, -0.25) is 9.89 Å². The summed E-state index contributed by atoms with van der Waals surface area (Å²) in [4.78, 5) is 11.5. The molecule has 2 aromatic heterocycles. The fourth-order valence-electron chi connectivity index (χ4n) is 1.87. The number of aromatic nitrogens is 3. The highest BCUT2D eigenvalue weighted by molar-refractivity contribution is 9.10. The molecule has 0 saturated carbocycles. The summed E-state index contributed by atoms with van der Waals surface area (Å²) in [6.07, 6.45) is 1.50. The van der Waals surface area contributed by atoms with Crippen LogP contribution in [0.3, 0.4) is 0 Å². The van der Waals surface area contributed by atoms with E-state index in [9.17, 15) is 15.1 Å². The molecule has 0 atom stereocenters. The molecule has 2 heterocycles. The number of rotatable bonds is 0. The standard InChI is InChI=1S/C11H6BrN3O3/c12-7-2-5-1-6-4-13-14-11(17)10(6)15(18)8(5)3-9(7)16/h1-4,13H,(H,14,17). The Kier molecular flexibility index (Phi) is 2.24. The van der Waals surface area contributed by atoms with Crippen molar-refractivity contribution in [3.63, 3.8) is 0 Å². The molecule has 3 rings (SSSR count). The number of aromatic hydroxyl groups is 1. The molecule has 0 aliphatic carbocycles. The van der Waals surface area contributed by atoms with E-state index in [1.807, 2.05) is 0 Å². The fraction of sp³-hybridized carbons (Fsp3) is 0. The number of halogens is 1. The van der Waals surface area contributed by atoms with Gasteiger partial charge in [0.15, 0.2) is 5.43 Å². The van der Waals surface area contributed by atoms with Gasteiger partial charge < -0.3 is 10.3 Å². The van der Waals surface area contributed by atoms with Crippen molar-refractivity contribution in [2.75, 3.05) is 0 Å². The van der Waals surface area contributed by atoms with E-state index in [2.05, 4.69) is 26.1 Å². The molecular formula is C11H6BrN3O3. The molecule has 90 valence electrons. The number of hydrogen-bond acceptors (Lipinski definition) is 4. The van der Waals surface area contributed by atoms with Crippen LogP contribution in [-0.2, 0) is 0 Å². The van der Waals surface area contributed by atoms with Crippen molar-refractivity contribution in [1.82, 2.24) is 10.2 Å². The molecule has 0 amide bonds. The van der Waals surface area contributed by atoms with Gasteiger partial charge in [0, 0.05) is 11.6 Å². The highest BCUT2D eigenvalue weighted by Gasteiger charge is 2.16. The lowest BCUT2D eigenvalue weighted by atomic mass is 10.1. The van der Waals surface area contributed by atoms with Crippen LogP contribution in [0.1, 0.15) is 0 Å². The van der Waals surface area contributed by atoms with Crippen molar-refractivity contribution in [2.24, 2.45) is 0 Å². The Labute approximate surface area is 108 Å². The van der Waals surface area contributed by atoms with E-state index in [1.165, 1.54) is 12.3 Å². The SMILES string of the molecule is O=c1cc2c(cc1Br)cc1c[nH]nc(O)c1[n+]2[O-]. The summed E-state index contributed by atoms with van der Waals surface area (Å²) in [7, 11) is 0. The van der Waals surface area contributed by atoms with Gasteiger partial charge in [0.2, 0.25) is 5.52 Å². The summed E-state index contributed by atoms with van der Waals surface area (Å²) >= 11 is 3.13. The van der Waals surface area contributed by atoms with Crippen LogP contribution in [0.2, 0.25) is 0 Å². The number of fused-ring (bicyclic) bond motifs is 2. The highest BCUT2D eigenvalue weighted by Crippen LogP contribution is 2.22. The molecule has 0 bridgehead atoms. The summed E-state index contributed by atoms with van der Waals surface area (Å²) < 4.78 is 0.894. The van der Waals surface area contributed by atoms with E-state index < -0.39 is 5.88 Å². The van der Waals surface area contributed by atoms with Gasteiger partial charge in [-0.15, -0.1) is 5.10 Å². The number of H-pyrrole nitrogens is 1. The largest absolute Gasteiger partial charge is 0.618 e. The predicted molar refractivity (Wildman–Crippen MR) is 68.2 cm³/mol. The van der Waals surface area contributed by atoms with Crippen molar-refractivity contribution in [3.8, 4) is 5.88 Å². The number of pyridine rings is 1. The smallest absolute Gasteiger partial charge is 0.304 e. The molecule has 0 radical (unpaired) electrons. The Hall–Kier alpha value is -2.15. The lowest BCUT2D eigenvalue weighted by Crippen LogP contribution is -2.29. The Morgan fingerprint density at radius 2 is 2.11 bits per heavy atom. The maximum absolute atomic E-state index is 12.1. The molecule has 0 spiro atoms. The van der Waals surface area contributed by atoms with Crippen molar-refractivity contribution in [1.29, 1.82) is 0 Å². The van der Waals surface area contributed by atoms with E-state index in [1.54, 1.807) is 12.1 Å². The molecule has 0 saturated heterocycles. The van der Waals surface area contributed by atoms with Crippen LogP contribution in [0.5, 0.6) is 5.88 Å². The monoisotopic (exact) mass is 307 g/mol. The first-order valence-corrected chi connectivity index (χ1v) is 5.80. The minimum atomic E-state index is -0.403. The fourth-order valence-corrected chi connectivity index (χ4v) is 2.23. The van der Waals surface area contributed by atoms with Gasteiger partial charge in [-0.25, -0.2) is 0 Å². The van der Waals surface area contributed by atoms with Gasteiger partial charge in [-0.05, 0) is 28.1 Å². The van der Waals surface area contributed by atoms with Crippen LogP contribution < -0.4 is 10.2 Å². The third kappa shape index (κ3) is 1.44. The zero-order valence-corrected chi connectivity index (χ0v) is 10.4. The lowest BCUT2D eigenvalue weighted by Gasteiger charge is -2.06. The number of hydrogen-bond donors (Lipinski definition) is 2. The van der Waals surface area contributed by atoms with E-state index in [0.717, 1.165) is 0 Å². The summed E-state index contributed by atoms with van der Waals surface area (Å²) in [5.74, 6) is -0.403. The van der Waals surface area contributed by atoms with Crippen LogP contribution >= 0.6 is 15.9 Å². The molecular weight excluding hydrogens is 302 g/mol. The van der Waals surface area contributed by atoms with Gasteiger partial charge >= 0.3 is 5.88 Å².